The van der Waals surface area contributed by atoms with Crippen molar-refractivity contribution in [1.82, 2.24) is 5.32 Å². The van der Waals surface area contributed by atoms with Crippen molar-refractivity contribution in [2.24, 2.45) is 5.73 Å². The third-order valence-corrected chi connectivity index (χ3v) is 7.20. The lowest BCUT2D eigenvalue weighted by atomic mass is 10.0. The van der Waals surface area contributed by atoms with Gasteiger partial charge in [0.2, 0.25) is 0 Å². The van der Waals surface area contributed by atoms with Gasteiger partial charge in [-0.25, -0.2) is 0 Å². The summed E-state index contributed by atoms with van der Waals surface area (Å²) in [5, 5.41) is 3.62. The summed E-state index contributed by atoms with van der Waals surface area (Å²) < 4.78 is 10.8. The lowest BCUT2D eigenvalue weighted by Gasteiger charge is -2.18. The molecule has 0 aliphatic heterocycles. The van der Waals surface area contributed by atoms with Crippen molar-refractivity contribution in [2.45, 2.75) is 168 Å². The summed E-state index contributed by atoms with van der Waals surface area (Å²) in [5.41, 5.74) is 5.64. The highest BCUT2D eigenvalue weighted by Gasteiger charge is 2.11. The molecule has 0 saturated heterocycles. The van der Waals surface area contributed by atoms with Crippen molar-refractivity contribution >= 4 is 11.9 Å². The molecule has 0 bridgehead atoms. The minimum Gasteiger partial charge on any atom is -0.466 e. The van der Waals surface area contributed by atoms with E-state index >= 15 is 0 Å². The van der Waals surface area contributed by atoms with Gasteiger partial charge in [-0.1, -0.05) is 104 Å². The molecule has 0 aliphatic carbocycles. The van der Waals surface area contributed by atoms with Gasteiger partial charge in [-0.15, -0.1) is 0 Å². The molecule has 1 atom stereocenters. The summed E-state index contributed by atoms with van der Waals surface area (Å²) in [6.07, 6.45) is 25.1. The van der Waals surface area contributed by atoms with E-state index < -0.39 is 0 Å². The summed E-state index contributed by atoms with van der Waals surface area (Å²) in [4.78, 5) is 24.1. The Labute approximate surface area is 235 Å². The Bertz CT molecular complexity index is 516. The van der Waals surface area contributed by atoms with Crippen LogP contribution >= 0.6 is 0 Å². The highest BCUT2D eigenvalue weighted by molar-refractivity contribution is 5.69. The van der Waals surface area contributed by atoms with Gasteiger partial charge in [0.25, 0.3) is 0 Å². The number of hydrogen-bond acceptors (Lipinski definition) is 6. The lowest BCUT2D eigenvalue weighted by molar-refractivity contribution is -0.144. The molecule has 0 fully saturated rings. The maximum atomic E-state index is 12.1. The van der Waals surface area contributed by atoms with Crippen LogP contribution in [0.5, 0.6) is 0 Å². The van der Waals surface area contributed by atoms with Crippen molar-refractivity contribution in [3.05, 3.63) is 0 Å². The van der Waals surface area contributed by atoms with Crippen molar-refractivity contribution in [1.29, 1.82) is 0 Å². The Kier molecular flexibility index (Phi) is 29.5. The first-order chi connectivity index (χ1) is 18.6. The molecule has 0 aromatic rings. The van der Waals surface area contributed by atoms with Gasteiger partial charge in [0.05, 0.1) is 13.2 Å². The molecule has 0 spiro atoms. The minimum atomic E-state index is -0.0824. The average molecular weight is 541 g/mol. The molecule has 0 rings (SSSR count). The molecule has 1 unspecified atom stereocenters. The predicted octanol–water partition coefficient (Wildman–Crippen LogP) is 8.00. The van der Waals surface area contributed by atoms with Crippen molar-refractivity contribution in [3.63, 3.8) is 0 Å². The van der Waals surface area contributed by atoms with E-state index in [1.54, 1.807) is 0 Å². The Morgan fingerprint density at radius 2 is 1.03 bits per heavy atom. The largest absolute Gasteiger partial charge is 0.466 e. The number of nitrogens with one attached hydrogen (secondary N) is 1. The van der Waals surface area contributed by atoms with Gasteiger partial charge in [0, 0.05) is 18.9 Å². The number of hydrogen-bond donors (Lipinski definition) is 2. The Hall–Kier alpha value is -1.14. The van der Waals surface area contributed by atoms with Gasteiger partial charge in [0.15, 0.2) is 0 Å². The zero-order valence-corrected chi connectivity index (χ0v) is 25.4. The number of unbranched alkanes of at least 4 members (excludes halogenated alkanes) is 14. The molecule has 0 saturated carbocycles. The van der Waals surface area contributed by atoms with Gasteiger partial charge >= 0.3 is 11.9 Å². The fraction of sp³-hybridized carbons (Fsp3) is 0.938. The molecule has 226 valence electrons. The number of carbonyl (C=O) groups is 2. The Morgan fingerprint density at radius 1 is 0.579 bits per heavy atom. The first-order valence-electron chi connectivity index (χ1n) is 16.4. The topological polar surface area (TPSA) is 90.6 Å². The van der Waals surface area contributed by atoms with Crippen LogP contribution < -0.4 is 11.1 Å². The SMILES string of the molecule is CCCCCCCCCOC(=O)CCCNC(CCCCCN)CCCC(=O)OCCCCCCCCC. The quantitative estimate of drug-likeness (QED) is 0.0708. The Morgan fingerprint density at radius 3 is 1.55 bits per heavy atom. The second-order valence-electron chi connectivity index (χ2n) is 11.0. The minimum absolute atomic E-state index is 0.0680. The van der Waals surface area contributed by atoms with Crippen molar-refractivity contribution in [2.75, 3.05) is 26.3 Å². The van der Waals surface area contributed by atoms with Gasteiger partial charge in [-0.2, -0.15) is 0 Å². The molecule has 3 N–H and O–H groups in total. The smallest absolute Gasteiger partial charge is 0.305 e. The maximum absolute atomic E-state index is 12.1. The van der Waals surface area contributed by atoms with E-state index in [9.17, 15) is 9.59 Å². The summed E-state index contributed by atoms with van der Waals surface area (Å²) in [6, 6.07) is 0.368. The van der Waals surface area contributed by atoms with E-state index in [4.69, 9.17) is 15.2 Å². The van der Waals surface area contributed by atoms with Crippen LogP contribution in [-0.4, -0.2) is 44.3 Å². The molecule has 0 aliphatic rings. The Balaban J connectivity index is 3.93. The lowest BCUT2D eigenvalue weighted by Crippen LogP contribution is -2.30. The fourth-order valence-electron chi connectivity index (χ4n) is 4.73. The van der Waals surface area contributed by atoms with E-state index in [1.165, 1.54) is 64.2 Å². The number of esters is 2. The first-order valence-corrected chi connectivity index (χ1v) is 16.4. The third kappa shape index (κ3) is 27.9. The van der Waals surface area contributed by atoms with Crippen molar-refractivity contribution in [3.8, 4) is 0 Å². The van der Waals surface area contributed by atoms with E-state index in [-0.39, 0.29) is 11.9 Å². The second-order valence-corrected chi connectivity index (χ2v) is 11.0. The van der Waals surface area contributed by atoms with Crippen LogP contribution in [0, 0.1) is 0 Å². The van der Waals surface area contributed by atoms with Crippen LogP contribution in [0.2, 0.25) is 0 Å². The molecular formula is C32H64N2O4. The van der Waals surface area contributed by atoms with Crippen LogP contribution in [0.3, 0.4) is 0 Å². The number of carbonyl (C=O) groups excluding carboxylic acids is 2. The monoisotopic (exact) mass is 540 g/mol. The van der Waals surface area contributed by atoms with Gasteiger partial charge in [-0.05, 0) is 58.0 Å². The standard InChI is InChI=1S/C32H64N2O4/c1-3-5-7-9-11-13-18-28-37-31(35)24-20-23-30(22-16-15-17-26-33)34-27-21-25-32(36)38-29-19-14-12-10-8-6-4-2/h30,34H,3-29,33H2,1-2H3. The summed E-state index contributed by atoms with van der Waals surface area (Å²) >= 11 is 0. The summed E-state index contributed by atoms with van der Waals surface area (Å²) in [6.45, 7) is 7.12. The maximum Gasteiger partial charge on any atom is 0.305 e. The molecule has 0 aromatic heterocycles. The molecular weight excluding hydrogens is 476 g/mol. The van der Waals surface area contributed by atoms with Crippen LogP contribution in [0.1, 0.15) is 162 Å². The zero-order chi connectivity index (χ0) is 27.9. The molecule has 0 amide bonds. The van der Waals surface area contributed by atoms with Gasteiger partial charge < -0.3 is 20.5 Å². The second kappa shape index (κ2) is 30.4. The fourth-order valence-corrected chi connectivity index (χ4v) is 4.73. The van der Waals surface area contributed by atoms with Crippen LogP contribution in [0.15, 0.2) is 0 Å². The first kappa shape index (κ1) is 36.9. The van der Waals surface area contributed by atoms with Crippen molar-refractivity contribution < 1.29 is 19.1 Å². The predicted molar refractivity (Wildman–Crippen MR) is 160 cm³/mol. The van der Waals surface area contributed by atoms with Gasteiger partial charge in [0.1, 0.15) is 0 Å². The molecule has 6 nitrogen and oxygen atoms in total. The van der Waals surface area contributed by atoms with E-state index in [2.05, 4.69) is 19.2 Å². The number of ether oxygens (including phenoxy) is 2. The van der Waals surface area contributed by atoms with Gasteiger partial charge in [-0.3, -0.25) is 9.59 Å². The van der Waals surface area contributed by atoms with E-state index in [0.29, 0.717) is 32.1 Å². The number of rotatable bonds is 30. The summed E-state index contributed by atoms with van der Waals surface area (Å²) in [5.74, 6) is -0.150. The normalized spacial score (nSPS) is 12.0. The van der Waals surface area contributed by atoms with Crippen LogP contribution in [0.25, 0.3) is 0 Å². The average Bonchev–Trinajstić information content (AvgIpc) is 2.91. The van der Waals surface area contributed by atoms with Crippen LogP contribution in [0.4, 0.5) is 0 Å². The van der Waals surface area contributed by atoms with Crippen LogP contribution in [-0.2, 0) is 19.1 Å². The third-order valence-electron chi connectivity index (χ3n) is 7.20. The molecule has 0 radical (unpaired) electrons. The highest BCUT2D eigenvalue weighted by Crippen LogP contribution is 2.12. The van der Waals surface area contributed by atoms with E-state index in [0.717, 1.165) is 83.7 Å². The molecule has 38 heavy (non-hydrogen) atoms. The number of nitrogens with two attached hydrogens (primary N) is 1. The zero-order valence-electron chi connectivity index (χ0n) is 25.4. The molecule has 0 aromatic carbocycles. The van der Waals surface area contributed by atoms with E-state index in [1.807, 2.05) is 0 Å². The highest BCUT2D eigenvalue weighted by atomic mass is 16.5. The molecule has 6 heteroatoms. The molecule has 0 heterocycles. The summed E-state index contributed by atoms with van der Waals surface area (Å²) in [7, 11) is 0.